The van der Waals surface area contributed by atoms with Gasteiger partial charge in [0.15, 0.2) is 0 Å². The number of aromatic nitrogens is 2. The number of aryl methyl sites for hydroxylation is 1. The summed E-state index contributed by atoms with van der Waals surface area (Å²) in [4.78, 5) is 4.11. The molecule has 0 fully saturated rings. The van der Waals surface area contributed by atoms with E-state index in [4.69, 9.17) is 0 Å². The number of hydrogen-bond acceptors (Lipinski definition) is 2. The van der Waals surface area contributed by atoms with Crippen molar-refractivity contribution in [3.63, 3.8) is 0 Å². The molecule has 0 unspecified atom stereocenters. The van der Waals surface area contributed by atoms with Gasteiger partial charge in [0.25, 0.3) is 0 Å². The summed E-state index contributed by atoms with van der Waals surface area (Å²) in [6, 6.07) is 6.52. The molecular formula is C11H12FN3. The molecular weight excluding hydrogens is 193 g/mol. The zero-order valence-electron chi connectivity index (χ0n) is 8.44. The first-order valence-electron chi connectivity index (χ1n) is 4.71. The van der Waals surface area contributed by atoms with Gasteiger partial charge in [0, 0.05) is 26.0 Å². The molecule has 0 radical (unpaired) electrons. The highest BCUT2D eigenvalue weighted by Crippen LogP contribution is 2.07. The van der Waals surface area contributed by atoms with Crippen LogP contribution in [0.2, 0.25) is 0 Å². The quantitative estimate of drug-likeness (QED) is 0.832. The maximum atomic E-state index is 12.9. The fourth-order valence-corrected chi connectivity index (χ4v) is 1.36. The van der Waals surface area contributed by atoms with Crippen molar-refractivity contribution < 1.29 is 4.39 Å². The molecule has 1 aromatic carbocycles. The van der Waals surface area contributed by atoms with Crippen molar-refractivity contribution in [1.82, 2.24) is 9.55 Å². The third-order valence-electron chi connectivity index (χ3n) is 2.16. The van der Waals surface area contributed by atoms with Gasteiger partial charge in [-0.2, -0.15) is 0 Å². The average Bonchev–Trinajstić information content (AvgIpc) is 2.61. The molecule has 3 nitrogen and oxygen atoms in total. The van der Waals surface area contributed by atoms with Gasteiger partial charge in [0.2, 0.25) is 5.95 Å². The van der Waals surface area contributed by atoms with Crippen molar-refractivity contribution >= 4 is 5.95 Å². The van der Waals surface area contributed by atoms with E-state index < -0.39 is 0 Å². The van der Waals surface area contributed by atoms with E-state index >= 15 is 0 Å². The highest BCUT2D eigenvalue weighted by molar-refractivity contribution is 5.28. The summed E-state index contributed by atoms with van der Waals surface area (Å²) >= 11 is 0. The van der Waals surface area contributed by atoms with E-state index in [2.05, 4.69) is 10.3 Å². The lowest BCUT2D eigenvalue weighted by Crippen LogP contribution is -2.04. The van der Waals surface area contributed by atoms with E-state index in [1.807, 2.05) is 23.9 Å². The van der Waals surface area contributed by atoms with Crippen LogP contribution >= 0.6 is 0 Å². The highest BCUT2D eigenvalue weighted by Gasteiger charge is 1.98. The van der Waals surface area contributed by atoms with Crippen molar-refractivity contribution in [2.45, 2.75) is 6.54 Å². The Hall–Kier alpha value is -1.84. The standard InChI is InChI=1S/C11H12FN3/c1-15-6-5-13-11(15)14-8-9-3-2-4-10(12)7-9/h2-7H,8H2,1H3,(H,13,14). The number of nitrogens with zero attached hydrogens (tertiary/aromatic N) is 2. The summed E-state index contributed by atoms with van der Waals surface area (Å²) in [6.45, 7) is 0.572. The molecule has 1 aromatic heterocycles. The molecule has 0 bridgehead atoms. The second-order valence-corrected chi connectivity index (χ2v) is 3.35. The number of imidazole rings is 1. The predicted octanol–water partition coefficient (Wildman–Crippen LogP) is 2.17. The van der Waals surface area contributed by atoms with Gasteiger partial charge in [0.1, 0.15) is 5.82 Å². The number of rotatable bonds is 3. The molecule has 0 aliphatic carbocycles. The molecule has 0 aliphatic rings. The minimum Gasteiger partial charge on any atom is -0.352 e. The van der Waals surface area contributed by atoms with Gasteiger partial charge in [0.05, 0.1) is 0 Å². The van der Waals surface area contributed by atoms with E-state index in [9.17, 15) is 4.39 Å². The summed E-state index contributed by atoms with van der Waals surface area (Å²) < 4.78 is 14.7. The van der Waals surface area contributed by atoms with Gasteiger partial charge in [-0.1, -0.05) is 12.1 Å². The third kappa shape index (κ3) is 2.34. The van der Waals surface area contributed by atoms with Crippen LogP contribution in [0.4, 0.5) is 10.3 Å². The van der Waals surface area contributed by atoms with Crippen molar-refractivity contribution in [3.8, 4) is 0 Å². The molecule has 0 atom stereocenters. The zero-order chi connectivity index (χ0) is 10.7. The molecule has 78 valence electrons. The monoisotopic (exact) mass is 205 g/mol. The Bertz CT molecular complexity index is 451. The Morgan fingerprint density at radius 2 is 2.33 bits per heavy atom. The summed E-state index contributed by atoms with van der Waals surface area (Å²) in [6.07, 6.45) is 3.57. The Morgan fingerprint density at radius 1 is 1.47 bits per heavy atom. The number of benzene rings is 1. The van der Waals surface area contributed by atoms with Gasteiger partial charge >= 0.3 is 0 Å². The van der Waals surface area contributed by atoms with E-state index in [0.717, 1.165) is 11.5 Å². The van der Waals surface area contributed by atoms with Crippen molar-refractivity contribution in [2.75, 3.05) is 5.32 Å². The minimum absolute atomic E-state index is 0.214. The summed E-state index contributed by atoms with van der Waals surface area (Å²) in [5.74, 6) is 0.563. The van der Waals surface area contributed by atoms with E-state index in [-0.39, 0.29) is 5.82 Å². The third-order valence-corrected chi connectivity index (χ3v) is 2.16. The lowest BCUT2D eigenvalue weighted by molar-refractivity contribution is 0.626. The Morgan fingerprint density at radius 3 is 3.00 bits per heavy atom. The van der Waals surface area contributed by atoms with Crippen LogP contribution in [0.25, 0.3) is 0 Å². The molecule has 2 aromatic rings. The van der Waals surface area contributed by atoms with Crippen LogP contribution in [0, 0.1) is 5.82 Å². The van der Waals surface area contributed by atoms with Gasteiger partial charge in [-0.15, -0.1) is 0 Å². The second kappa shape index (κ2) is 4.13. The normalized spacial score (nSPS) is 10.3. The van der Waals surface area contributed by atoms with Gasteiger partial charge in [-0.05, 0) is 17.7 Å². The predicted molar refractivity (Wildman–Crippen MR) is 56.9 cm³/mol. The first-order chi connectivity index (χ1) is 7.25. The average molecular weight is 205 g/mol. The first-order valence-corrected chi connectivity index (χ1v) is 4.71. The van der Waals surface area contributed by atoms with Crippen LogP contribution in [0.15, 0.2) is 36.7 Å². The van der Waals surface area contributed by atoms with Gasteiger partial charge in [-0.3, -0.25) is 0 Å². The molecule has 0 aliphatic heterocycles. The summed E-state index contributed by atoms with van der Waals surface area (Å²) in [7, 11) is 1.90. The number of anilines is 1. The fraction of sp³-hybridized carbons (Fsp3) is 0.182. The van der Waals surface area contributed by atoms with Crippen LogP contribution in [-0.4, -0.2) is 9.55 Å². The maximum Gasteiger partial charge on any atom is 0.202 e. The van der Waals surface area contributed by atoms with Crippen LogP contribution in [0.3, 0.4) is 0 Å². The van der Waals surface area contributed by atoms with Crippen LogP contribution in [0.1, 0.15) is 5.56 Å². The van der Waals surface area contributed by atoms with Crippen LogP contribution < -0.4 is 5.32 Å². The Balaban J connectivity index is 2.02. The first kappa shape index (κ1) is 9.71. The number of hydrogen-bond donors (Lipinski definition) is 1. The van der Waals surface area contributed by atoms with E-state index in [1.54, 1.807) is 12.3 Å². The van der Waals surface area contributed by atoms with E-state index in [0.29, 0.717) is 6.54 Å². The second-order valence-electron chi connectivity index (χ2n) is 3.35. The zero-order valence-corrected chi connectivity index (χ0v) is 8.44. The Kier molecular flexibility index (Phi) is 2.67. The molecule has 0 saturated carbocycles. The SMILES string of the molecule is Cn1ccnc1NCc1cccc(F)c1. The largest absolute Gasteiger partial charge is 0.352 e. The molecule has 4 heteroatoms. The number of nitrogens with one attached hydrogen (secondary N) is 1. The smallest absolute Gasteiger partial charge is 0.202 e. The fourth-order valence-electron chi connectivity index (χ4n) is 1.36. The lowest BCUT2D eigenvalue weighted by Gasteiger charge is -2.05. The summed E-state index contributed by atoms with van der Waals surface area (Å²) in [5, 5.41) is 3.12. The van der Waals surface area contributed by atoms with Crippen LogP contribution in [-0.2, 0) is 13.6 Å². The molecule has 15 heavy (non-hydrogen) atoms. The van der Waals surface area contributed by atoms with Crippen LogP contribution in [0.5, 0.6) is 0 Å². The molecule has 0 spiro atoms. The van der Waals surface area contributed by atoms with Crippen molar-refractivity contribution in [2.24, 2.45) is 7.05 Å². The molecule has 1 N–H and O–H groups in total. The Labute approximate surface area is 87.6 Å². The van der Waals surface area contributed by atoms with Gasteiger partial charge in [-0.25, -0.2) is 9.37 Å². The number of halogens is 1. The molecule has 2 rings (SSSR count). The molecule has 0 saturated heterocycles. The molecule has 0 amide bonds. The van der Waals surface area contributed by atoms with Crippen molar-refractivity contribution in [1.29, 1.82) is 0 Å². The van der Waals surface area contributed by atoms with Crippen molar-refractivity contribution in [3.05, 3.63) is 48.0 Å². The van der Waals surface area contributed by atoms with Gasteiger partial charge < -0.3 is 9.88 Å². The van der Waals surface area contributed by atoms with E-state index in [1.165, 1.54) is 12.1 Å². The lowest BCUT2D eigenvalue weighted by atomic mass is 10.2. The molecule has 1 heterocycles. The maximum absolute atomic E-state index is 12.9. The minimum atomic E-state index is -0.214. The summed E-state index contributed by atoms with van der Waals surface area (Å²) in [5.41, 5.74) is 0.901. The highest BCUT2D eigenvalue weighted by atomic mass is 19.1. The topological polar surface area (TPSA) is 29.9 Å².